The molecule has 1 unspecified atom stereocenters. The van der Waals surface area contributed by atoms with Crippen molar-refractivity contribution in [2.45, 2.75) is 12.1 Å². The third kappa shape index (κ3) is 2.22. The summed E-state index contributed by atoms with van der Waals surface area (Å²) in [4.78, 5) is 0. The summed E-state index contributed by atoms with van der Waals surface area (Å²) in [6.07, 6.45) is -4.62. The molecular formula is C9H5F4N. The fourth-order valence-corrected chi connectivity index (χ4v) is 0.992. The van der Waals surface area contributed by atoms with E-state index in [-0.39, 0.29) is 5.56 Å². The Labute approximate surface area is 77.6 Å². The standard InChI is InChI=1S/C9H5F4N/c10-7-3-1-6(2-4-7)8(5-14)9(11,12)13/h1-4,8H. The molecule has 0 N–H and O–H groups in total. The van der Waals surface area contributed by atoms with E-state index in [4.69, 9.17) is 5.26 Å². The smallest absolute Gasteiger partial charge is 0.207 e. The highest BCUT2D eigenvalue weighted by Crippen LogP contribution is 2.33. The molecule has 0 heterocycles. The van der Waals surface area contributed by atoms with Crippen LogP contribution in [0.3, 0.4) is 0 Å². The average molecular weight is 203 g/mol. The Kier molecular flexibility index (Phi) is 2.75. The van der Waals surface area contributed by atoms with E-state index in [1.54, 1.807) is 0 Å². The van der Waals surface area contributed by atoms with Gasteiger partial charge in [0.1, 0.15) is 5.82 Å². The SMILES string of the molecule is N#CC(c1ccc(F)cc1)C(F)(F)F. The predicted octanol–water partition coefficient (Wildman–Crippen LogP) is 3.00. The Balaban J connectivity index is 3.04. The molecule has 0 aliphatic rings. The van der Waals surface area contributed by atoms with Crippen LogP contribution in [-0.4, -0.2) is 6.18 Å². The summed E-state index contributed by atoms with van der Waals surface area (Å²) in [5, 5.41) is 8.32. The van der Waals surface area contributed by atoms with Gasteiger partial charge in [-0.3, -0.25) is 0 Å². The van der Waals surface area contributed by atoms with Crippen molar-refractivity contribution in [3.05, 3.63) is 35.6 Å². The quantitative estimate of drug-likeness (QED) is 0.643. The van der Waals surface area contributed by atoms with E-state index in [0.717, 1.165) is 30.3 Å². The van der Waals surface area contributed by atoms with Crippen LogP contribution in [0.5, 0.6) is 0 Å². The highest BCUT2D eigenvalue weighted by atomic mass is 19.4. The zero-order valence-electron chi connectivity index (χ0n) is 6.85. The van der Waals surface area contributed by atoms with Gasteiger partial charge in [0.05, 0.1) is 6.07 Å². The number of benzene rings is 1. The molecule has 0 amide bonds. The van der Waals surface area contributed by atoms with Crippen molar-refractivity contribution in [3.63, 3.8) is 0 Å². The van der Waals surface area contributed by atoms with Crippen molar-refractivity contribution >= 4 is 0 Å². The molecule has 0 spiro atoms. The van der Waals surface area contributed by atoms with Crippen LogP contribution in [0, 0.1) is 17.1 Å². The topological polar surface area (TPSA) is 23.8 Å². The van der Waals surface area contributed by atoms with Gasteiger partial charge in [0.2, 0.25) is 0 Å². The van der Waals surface area contributed by atoms with Gasteiger partial charge in [0, 0.05) is 0 Å². The summed E-state index contributed by atoms with van der Waals surface area (Å²) in [5.74, 6) is -2.82. The molecule has 5 heteroatoms. The fourth-order valence-electron chi connectivity index (χ4n) is 0.992. The van der Waals surface area contributed by atoms with Crippen LogP contribution in [0.15, 0.2) is 24.3 Å². The maximum absolute atomic E-state index is 12.4. The number of nitriles is 1. The summed E-state index contributed by atoms with van der Waals surface area (Å²) in [7, 11) is 0. The Hall–Kier alpha value is -1.57. The van der Waals surface area contributed by atoms with Crippen molar-refractivity contribution in [1.82, 2.24) is 0 Å². The molecule has 0 saturated heterocycles. The van der Waals surface area contributed by atoms with Gasteiger partial charge >= 0.3 is 6.18 Å². The van der Waals surface area contributed by atoms with Gasteiger partial charge in [0.25, 0.3) is 0 Å². The molecule has 1 aromatic carbocycles. The molecule has 1 rings (SSSR count). The maximum Gasteiger partial charge on any atom is 0.408 e. The van der Waals surface area contributed by atoms with Crippen LogP contribution in [-0.2, 0) is 0 Å². The molecule has 0 aliphatic heterocycles. The van der Waals surface area contributed by atoms with E-state index in [2.05, 4.69) is 0 Å². The first kappa shape index (κ1) is 10.5. The number of nitrogens with zero attached hydrogens (tertiary/aromatic N) is 1. The van der Waals surface area contributed by atoms with E-state index in [1.807, 2.05) is 0 Å². The summed E-state index contributed by atoms with van der Waals surface area (Å²) in [6.45, 7) is 0. The van der Waals surface area contributed by atoms with Crippen LogP contribution >= 0.6 is 0 Å². The Bertz CT molecular complexity index is 347. The highest BCUT2D eigenvalue weighted by molar-refractivity contribution is 5.27. The minimum absolute atomic E-state index is 0.249. The second-order valence-corrected chi connectivity index (χ2v) is 2.66. The van der Waals surface area contributed by atoms with Crippen LogP contribution in [0.2, 0.25) is 0 Å². The molecule has 0 aliphatic carbocycles. The normalized spacial score (nSPS) is 13.4. The third-order valence-corrected chi connectivity index (χ3v) is 1.66. The van der Waals surface area contributed by atoms with Gasteiger partial charge in [0.15, 0.2) is 5.92 Å². The lowest BCUT2D eigenvalue weighted by Crippen LogP contribution is -2.19. The van der Waals surface area contributed by atoms with E-state index in [9.17, 15) is 17.6 Å². The zero-order chi connectivity index (χ0) is 10.8. The number of rotatable bonds is 1. The van der Waals surface area contributed by atoms with Gasteiger partial charge in [-0.15, -0.1) is 0 Å². The lowest BCUT2D eigenvalue weighted by atomic mass is 10.0. The van der Waals surface area contributed by atoms with Gasteiger partial charge in [-0.1, -0.05) is 12.1 Å². The number of hydrogen-bond donors (Lipinski definition) is 0. The first-order valence-corrected chi connectivity index (χ1v) is 3.67. The first-order chi connectivity index (χ1) is 6.45. The first-order valence-electron chi connectivity index (χ1n) is 3.67. The summed E-state index contributed by atoms with van der Waals surface area (Å²) in [5.41, 5.74) is -0.249. The third-order valence-electron chi connectivity index (χ3n) is 1.66. The molecule has 0 radical (unpaired) electrons. The predicted molar refractivity (Wildman–Crippen MR) is 40.8 cm³/mol. The minimum atomic E-state index is -4.62. The largest absolute Gasteiger partial charge is 0.408 e. The molecule has 0 fully saturated rings. The lowest BCUT2D eigenvalue weighted by Gasteiger charge is -2.12. The summed E-state index contributed by atoms with van der Waals surface area (Å²) in [6, 6.07) is 4.83. The number of alkyl halides is 3. The van der Waals surface area contributed by atoms with Gasteiger partial charge in [-0.25, -0.2) is 4.39 Å². The molecule has 14 heavy (non-hydrogen) atoms. The molecule has 0 aromatic heterocycles. The molecule has 0 bridgehead atoms. The molecule has 1 nitrogen and oxygen atoms in total. The monoisotopic (exact) mass is 203 g/mol. The van der Waals surface area contributed by atoms with E-state index in [0.29, 0.717) is 0 Å². The van der Waals surface area contributed by atoms with Crippen LogP contribution in [0.25, 0.3) is 0 Å². The Morgan fingerprint density at radius 2 is 1.64 bits per heavy atom. The van der Waals surface area contributed by atoms with Crippen LogP contribution in [0.1, 0.15) is 11.5 Å². The molecule has 1 aromatic rings. The summed E-state index contributed by atoms with van der Waals surface area (Å²) < 4.78 is 49.0. The van der Waals surface area contributed by atoms with Crippen LogP contribution in [0.4, 0.5) is 17.6 Å². The van der Waals surface area contributed by atoms with Crippen molar-refractivity contribution in [3.8, 4) is 6.07 Å². The van der Waals surface area contributed by atoms with E-state index in [1.165, 1.54) is 0 Å². The molecular weight excluding hydrogens is 198 g/mol. The fraction of sp³-hybridized carbons (Fsp3) is 0.222. The maximum atomic E-state index is 12.4. The minimum Gasteiger partial charge on any atom is -0.207 e. The van der Waals surface area contributed by atoms with Crippen LogP contribution < -0.4 is 0 Å². The van der Waals surface area contributed by atoms with Crippen molar-refractivity contribution in [1.29, 1.82) is 5.26 Å². The zero-order valence-corrected chi connectivity index (χ0v) is 6.85. The van der Waals surface area contributed by atoms with Crippen molar-refractivity contribution < 1.29 is 17.6 Å². The molecule has 0 saturated carbocycles. The van der Waals surface area contributed by atoms with Gasteiger partial charge < -0.3 is 0 Å². The van der Waals surface area contributed by atoms with Gasteiger partial charge in [-0.05, 0) is 17.7 Å². The Morgan fingerprint density at radius 3 is 2.00 bits per heavy atom. The average Bonchev–Trinajstić information content (AvgIpc) is 2.07. The van der Waals surface area contributed by atoms with Crippen molar-refractivity contribution in [2.24, 2.45) is 0 Å². The second-order valence-electron chi connectivity index (χ2n) is 2.66. The molecule has 74 valence electrons. The molecule has 1 atom stereocenters. The second kappa shape index (κ2) is 3.66. The number of halogens is 4. The van der Waals surface area contributed by atoms with Crippen molar-refractivity contribution in [2.75, 3.05) is 0 Å². The number of hydrogen-bond acceptors (Lipinski definition) is 1. The van der Waals surface area contributed by atoms with E-state index < -0.39 is 17.9 Å². The van der Waals surface area contributed by atoms with Gasteiger partial charge in [-0.2, -0.15) is 18.4 Å². The lowest BCUT2D eigenvalue weighted by molar-refractivity contribution is -0.137. The summed E-state index contributed by atoms with van der Waals surface area (Å²) >= 11 is 0. The Morgan fingerprint density at radius 1 is 1.14 bits per heavy atom. The highest BCUT2D eigenvalue weighted by Gasteiger charge is 2.40. The van der Waals surface area contributed by atoms with E-state index >= 15 is 0 Å².